The Labute approximate surface area is 167 Å². The minimum atomic E-state index is -0.601. The van der Waals surface area contributed by atoms with E-state index in [2.05, 4.69) is 21.2 Å². The second-order valence-corrected chi connectivity index (χ2v) is 9.20. The quantitative estimate of drug-likeness (QED) is 0.791. The van der Waals surface area contributed by atoms with Gasteiger partial charge in [-0.3, -0.25) is 9.69 Å². The summed E-state index contributed by atoms with van der Waals surface area (Å²) in [6.07, 6.45) is 8.98. The summed E-state index contributed by atoms with van der Waals surface area (Å²) in [5.41, 5.74) is 2.20. The molecule has 5 atom stereocenters. The average molecular weight is 386 g/mol. The molecule has 2 aliphatic carbocycles. The van der Waals surface area contributed by atoms with E-state index in [1.165, 1.54) is 19.3 Å². The lowest BCUT2D eigenvalue weighted by atomic mass is 9.67. The molecule has 4 nitrogen and oxygen atoms in total. The number of hydrogen-bond donors (Lipinski definition) is 1. The first-order valence-corrected chi connectivity index (χ1v) is 11.2. The number of fused-ring (bicyclic) bond motifs is 2. The number of para-hydroxylation sites is 2. The van der Waals surface area contributed by atoms with Crippen molar-refractivity contribution in [2.24, 2.45) is 11.8 Å². The van der Waals surface area contributed by atoms with Gasteiger partial charge in [0.15, 0.2) is 12.5 Å². The maximum Gasteiger partial charge on any atom is 0.162 e. The zero-order valence-electron chi connectivity index (χ0n) is 16.6. The van der Waals surface area contributed by atoms with Crippen molar-refractivity contribution in [1.82, 2.24) is 4.90 Å². The van der Waals surface area contributed by atoms with E-state index in [1.54, 1.807) is 0 Å². The van der Waals surface area contributed by atoms with Crippen molar-refractivity contribution in [2.45, 2.75) is 75.8 Å². The summed E-state index contributed by atoms with van der Waals surface area (Å²) in [5.74, 6) is 0.866. The second kappa shape index (κ2) is 7.66. The summed E-state index contributed by atoms with van der Waals surface area (Å²) in [4.78, 5) is 16.6. The Kier molecular flexibility index (Phi) is 5.04. The van der Waals surface area contributed by atoms with Crippen LogP contribution in [-0.2, 0) is 4.79 Å². The molecule has 1 N–H and O–H groups in total. The fourth-order valence-corrected chi connectivity index (χ4v) is 6.57. The smallest absolute Gasteiger partial charge is 0.162 e. The molecule has 5 unspecified atom stereocenters. The van der Waals surface area contributed by atoms with Crippen molar-refractivity contribution in [3.63, 3.8) is 0 Å². The third kappa shape index (κ3) is 3.12. The highest BCUT2D eigenvalue weighted by atomic mass is 19.1. The normalized spacial score (nSPS) is 36.5. The van der Waals surface area contributed by atoms with Crippen LogP contribution in [-0.4, -0.2) is 48.7 Å². The van der Waals surface area contributed by atoms with Gasteiger partial charge in [-0.15, -0.1) is 0 Å². The number of alkyl halides is 1. The molecular formula is C23H32FN3O. The van der Waals surface area contributed by atoms with Gasteiger partial charge in [0.2, 0.25) is 0 Å². The van der Waals surface area contributed by atoms with Gasteiger partial charge in [0.05, 0.1) is 11.4 Å². The Morgan fingerprint density at radius 3 is 2.54 bits per heavy atom. The van der Waals surface area contributed by atoms with Gasteiger partial charge in [-0.1, -0.05) is 25.0 Å². The lowest BCUT2D eigenvalue weighted by molar-refractivity contribution is -0.108. The van der Waals surface area contributed by atoms with Crippen LogP contribution in [0, 0.1) is 11.8 Å². The summed E-state index contributed by atoms with van der Waals surface area (Å²) in [7, 11) is 0. The molecule has 0 amide bonds. The first-order chi connectivity index (χ1) is 13.8. The highest BCUT2D eigenvalue weighted by molar-refractivity contribution is 5.84. The van der Waals surface area contributed by atoms with E-state index in [1.807, 2.05) is 18.2 Å². The number of halogens is 1. The number of nitrogens with one attached hydrogen (secondary N) is 1. The standard InChI is InChI=1S/C23H32FN3O/c24-18-7-3-5-16-6-4-10-21(23(16)18)26-13-11-17(12-14-26)27-20-9-2-1-8-19(20)25-22(27)15-28/h1-2,8-9,15-18,21-23,25H,3-7,10-14H2. The molecule has 1 aromatic rings. The van der Waals surface area contributed by atoms with Crippen LogP contribution in [0.3, 0.4) is 0 Å². The van der Waals surface area contributed by atoms with Crippen molar-refractivity contribution in [2.75, 3.05) is 23.3 Å². The lowest BCUT2D eigenvalue weighted by Crippen LogP contribution is -2.56. The summed E-state index contributed by atoms with van der Waals surface area (Å²) >= 11 is 0. The summed E-state index contributed by atoms with van der Waals surface area (Å²) in [6, 6.07) is 9.02. The minimum absolute atomic E-state index is 0.260. The highest BCUT2D eigenvalue weighted by Crippen LogP contribution is 2.45. The van der Waals surface area contributed by atoms with E-state index in [9.17, 15) is 9.18 Å². The number of aldehydes is 1. The van der Waals surface area contributed by atoms with Crippen molar-refractivity contribution < 1.29 is 9.18 Å². The molecule has 152 valence electrons. The Hall–Kier alpha value is -1.62. The van der Waals surface area contributed by atoms with Crippen molar-refractivity contribution in [1.29, 1.82) is 0 Å². The van der Waals surface area contributed by atoms with Crippen molar-refractivity contribution >= 4 is 17.7 Å². The first-order valence-electron chi connectivity index (χ1n) is 11.2. The second-order valence-electron chi connectivity index (χ2n) is 9.20. The van der Waals surface area contributed by atoms with Gasteiger partial charge in [0.25, 0.3) is 0 Å². The molecule has 28 heavy (non-hydrogen) atoms. The number of piperidine rings is 1. The first kappa shape index (κ1) is 18.4. The zero-order valence-corrected chi connectivity index (χ0v) is 16.6. The Balaban J connectivity index is 1.28. The fourth-order valence-electron chi connectivity index (χ4n) is 6.57. The van der Waals surface area contributed by atoms with Gasteiger partial charge >= 0.3 is 0 Å². The molecule has 2 heterocycles. The van der Waals surface area contributed by atoms with Crippen LogP contribution in [0.4, 0.5) is 15.8 Å². The van der Waals surface area contributed by atoms with Gasteiger partial charge in [0.1, 0.15) is 6.17 Å². The number of nitrogens with zero attached hydrogens (tertiary/aromatic N) is 2. The van der Waals surface area contributed by atoms with Crippen LogP contribution < -0.4 is 10.2 Å². The SMILES string of the molecule is O=CC1Nc2ccccc2N1C1CCN(C2CCCC3CCCC(F)C32)CC1. The van der Waals surface area contributed by atoms with Crippen LogP contribution in [0.5, 0.6) is 0 Å². The molecular weight excluding hydrogens is 353 g/mol. The predicted octanol–water partition coefficient (Wildman–Crippen LogP) is 4.21. The van der Waals surface area contributed by atoms with Gasteiger partial charge < -0.3 is 10.2 Å². The van der Waals surface area contributed by atoms with Crippen LogP contribution in [0.2, 0.25) is 0 Å². The van der Waals surface area contributed by atoms with E-state index in [4.69, 9.17) is 0 Å². The molecule has 0 bridgehead atoms. The van der Waals surface area contributed by atoms with Crippen LogP contribution in [0.25, 0.3) is 0 Å². The van der Waals surface area contributed by atoms with Crippen LogP contribution in [0.15, 0.2) is 24.3 Å². The summed E-state index contributed by atoms with van der Waals surface area (Å²) in [6.45, 7) is 2.05. The summed E-state index contributed by atoms with van der Waals surface area (Å²) < 4.78 is 14.8. The van der Waals surface area contributed by atoms with E-state index >= 15 is 0 Å². The number of hydrogen-bond acceptors (Lipinski definition) is 4. The number of carbonyl (C=O) groups excluding carboxylic acids is 1. The number of anilines is 2. The minimum Gasteiger partial charge on any atom is -0.358 e. The zero-order chi connectivity index (χ0) is 19.1. The van der Waals surface area contributed by atoms with Crippen LogP contribution in [0.1, 0.15) is 51.4 Å². The molecule has 5 rings (SSSR count). The monoisotopic (exact) mass is 385 g/mol. The number of benzene rings is 1. The lowest BCUT2D eigenvalue weighted by Gasteiger charge is -2.50. The highest BCUT2D eigenvalue weighted by Gasteiger charge is 2.44. The molecule has 5 heteroatoms. The van der Waals surface area contributed by atoms with Crippen molar-refractivity contribution in [3.05, 3.63) is 24.3 Å². The Morgan fingerprint density at radius 1 is 1.00 bits per heavy atom. The largest absolute Gasteiger partial charge is 0.358 e. The number of likely N-dealkylation sites (tertiary alicyclic amines) is 1. The molecule has 2 aliphatic heterocycles. The molecule has 1 aromatic carbocycles. The van der Waals surface area contributed by atoms with E-state index in [0.717, 1.165) is 62.9 Å². The van der Waals surface area contributed by atoms with Gasteiger partial charge in [0, 0.05) is 31.1 Å². The summed E-state index contributed by atoms with van der Waals surface area (Å²) in [5, 5.41) is 3.34. The van der Waals surface area contributed by atoms with E-state index in [-0.39, 0.29) is 12.1 Å². The third-order valence-corrected chi connectivity index (χ3v) is 7.81. The van der Waals surface area contributed by atoms with Gasteiger partial charge in [-0.2, -0.15) is 0 Å². The molecule has 0 aromatic heterocycles. The molecule has 0 spiro atoms. The molecule has 3 fully saturated rings. The fraction of sp³-hybridized carbons (Fsp3) is 0.696. The van der Waals surface area contributed by atoms with Gasteiger partial charge in [-0.05, 0) is 56.6 Å². The number of rotatable bonds is 3. The molecule has 0 radical (unpaired) electrons. The maximum atomic E-state index is 14.8. The Morgan fingerprint density at radius 2 is 1.75 bits per heavy atom. The third-order valence-electron chi connectivity index (χ3n) is 7.81. The molecule has 2 saturated carbocycles. The topological polar surface area (TPSA) is 35.6 Å². The van der Waals surface area contributed by atoms with Gasteiger partial charge in [-0.25, -0.2) is 4.39 Å². The van der Waals surface area contributed by atoms with Crippen LogP contribution >= 0.6 is 0 Å². The number of carbonyl (C=O) groups is 1. The average Bonchev–Trinajstić information content (AvgIpc) is 3.12. The van der Waals surface area contributed by atoms with E-state index in [0.29, 0.717) is 18.0 Å². The Bertz CT molecular complexity index is 703. The maximum absolute atomic E-state index is 14.8. The van der Waals surface area contributed by atoms with Crippen molar-refractivity contribution in [3.8, 4) is 0 Å². The molecule has 4 aliphatic rings. The predicted molar refractivity (Wildman–Crippen MR) is 110 cm³/mol. The molecule has 1 saturated heterocycles. The van der Waals surface area contributed by atoms with E-state index < -0.39 is 6.17 Å².